The number of benzene rings is 3. The predicted octanol–water partition coefficient (Wildman–Crippen LogP) is 4.15. The van der Waals surface area contributed by atoms with Crippen molar-refractivity contribution in [1.29, 1.82) is 0 Å². The Morgan fingerprint density at radius 1 is 0.696 bits per heavy atom. The molecule has 4 heteroatoms. The fourth-order valence-corrected chi connectivity index (χ4v) is 2.05. The molecule has 3 aromatic carbocycles. The maximum absolute atomic E-state index is 12.0. The molecular formula is C19H16N2O2. The zero-order chi connectivity index (χ0) is 15.9. The van der Waals surface area contributed by atoms with Gasteiger partial charge in [-0.1, -0.05) is 36.4 Å². The summed E-state index contributed by atoms with van der Waals surface area (Å²) in [6.45, 7) is 0. The Hall–Kier alpha value is -3.27. The van der Waals surface area contributed by atoms with Crippen LogP contribution in [-0.2, 0) is 0 Å². The first-order valence-corrected chi connectivity index (χ1v) is 7.26. The van der Waals surface area contributed by atoms with E-state index in [4.69, 9.17) is 4.84 Å². The quantitative estimate of drug-likeness (QED) is 0.696. The van der Waals surface area contributed by atoms with Gasteiger partial charge in [0.05, 0.1) is 0 Å². The number of hydroxylamine groups is 1. The molecule has 0 saturated heterocycles. The summed E-state index contributed by atoms with van der Waals surface area (Å²) in [6, 6.07) is 26.1. The average Bonchev–Trinajstić information content (AvgIpc) is 2.62. The highest BCUT2D eigenvalue weighted by atomic mass is 16.7. The van der Waals surface area contributed by atoms with Crippen molar-refractivity contribution in [1.82, 2.24) is 5.48 Å². The van der Waals surface area contributed by atoms with E-state index in [0.29, 0.717) is 11.3 Å². The lowest BCUT2D eigenvalue weighted by atomic mass is 10.2. The predicted molar refractivity (Wildman–Crippen MR) is 90.7 cm³/mol. The van der Waals surface area contributed by atoms with Crippen LogP contribution in [0.25, 0.3) is 0 Å². The zero-order valence-electron chi connectivity index (χ0n) is 12.4. The van der Waals surface area contributed by atoms with E-state index >= 15 is 0 Å². The standard InChI is InChI=1S/C19H16N2O2/c22-19(21-23-18-9-5-2-6-10-18)15-11-13-17(14-12-15)20-16-7-3-1-4-8-16/h1-14,20H,(H,21,22). The zero-order valence-corrected chi connectivity index (χ0v) is 12.4. The summed E-state index contributed by atoms with van der Waals surface area (Å²) >= 11 is 0. The van der Waals surface area contributed by atoms with Crippen LogP contribution >= 0.6 is 0 Å². The van der Waals surface area contributed by atoms with Crippen molar-refractivity contribution in [3.63, 3.8) is 0 Å². The maximum Gasteiger partial charge on any atom is 0.283 e. The van der Waals surface area contributed by atoms with Crippen LogP contribution < -0.4 is 15.6 Å². The van der Waals surface area contributed by atoms with Crippen molar-refractivity contribution in [3.05, 3.63) is 90.5 Å². The lowest BCUT2D eigenvalue weighted by molar-refractivity contribution is 0.0760. The first-order chi connectivity index (χ1) is 11.3. The third kappa shape index (κ3) is 4.11. The summed E-state index contributed by atoms with van der Waals surface area (Å²) in [5.41, 5.74) is 4.86. The van der Waals surface area contributed by atoms with Gasteiger partial charge in [-0.05, 0) is 48.5 Å². The average molecular weight is 304 g/mol. The molecule has 0 aliphatic carbocycles. The first kappa shape index (κ1) is 14.7. The van der Waals surface area contributed by atoms with Gasteiger partial charge in [-0.2, -0.15) is 5.48 Å². The lowest BCUT2D eigenvalue weighted by Crippen LogP contribution is -2.26. The molecule has 0 saturated carbocycles. The molecule has 0 heterocycles. The highest BCUT2D eigenvalue weighted by molar-refractivity contribution is 5.94. The molecule has 0 aliphatic rings. The van der Waals surface area contributed by atoms with Crippen LogP contribution in [-0.4, -0.2) is 5.91 Å². The summed E-state index contributed by atoms with van der Waals surface area (Å²) in [7, 11) is 0. The molecule has 0 aliphatic heterocycles. The SMILES string of the molecule is O=C(NOc1ccccc1)c1ccc(Nc2ccccc2)cc1. The van der Waals surface area contributed by atoms with Gasteiger partial charge in [-0.25, -0.2) is 0 Å². The van der Waals surface area contributed by atoms with Crippen LogP contribution in [0.1, 0.15) is 10.4 Å². The Bertz CT molecular complexity index is 756. The van der Waals surface area contributed by atoms with E-state index in [-0.39, 0.29) is 5.91 Å². The van der Waals surface area contributed by atoms with Crippen LogP contribution in [0.5, 0.6) is 5.75 Å². The Kier molecular flexibility index (Phi) is 4.55. The number of amides is 1. The van der Waals surface area contributed by atoms with Gasteiger partial charge < -0.3 is 10.2 Å². The molecule has 3 aromatic rings. The molecule has 0 bridgehead atoms. The van der Waals surface area contributed by atoms with Gasteiger partial charge in [0, 0.05) is 16.9 Å². The topological polar surface area (TPSA) is 50.4 Å². The summed E-state index contributed by atoms with van der Waals surface area (Å²) in [6.07, 6.45) is 0. The number of rotatable bonds is 5. The molecule has 1 amide bonds. The molecule has 0 fully saturated rings. The Morgan fingerprint density at radius 3 is 1.91 bits per heavy atom. The summed E-state index contributed by atoms with van der Waals surface area (Å²) < 4.78 is 0. The van der Waals surface area contributed by atoms with E-state index in [2.05, 4.69) is 10.8 Å². The maximum atomic E-state index is 12.0. The highest BCUT2D eigenvalue weighted by Gasteiger charge is 2.06. The van der Waals surface area contributed by atoms with E-state index in [9.17, 15) is 4.79 Å². The molecule has 2 N–H and O–H groups in total. The van der Waals surface area contributed by atoms with E-state index < -0.39 is 0 Å². The second-order valence-electron chi connectivity index (χ2n) is 4.91. The minimum Gasteiger partial charge on any atom is -0.379 e. The van der Waals surface area contributed by atoms with Crippen molar-refractivity contribution < 1.29 is 9.63 Å². The van der Waals surface area contributed by atoms with Gasteiger partial charge in [-0.3, -0.25) is 4.79 Å². The summed E-state index contributed by atoms with van der Waals surface area (Å²) in [5, 5.41) is 3.26. The second-order valence-corrected chi connectivity index (χ2v) is 4.91. The minimum absolute atomic E-state index is 0.292. The van der Waals surface area contributed by atoms with Crippen molar-refractivity contribution in [2.75, 3.05) is 5.32 Å². The number of anilines is 2. The van der Waals surface area contributed by atoms with Crippen LogP contribution in [0, 0.1) is 0 Å². The number of nitrogens with one attached hydrogen (secondary N) is 2. The Labute approximate surface area is 134 Å². The number of carbonyl (C=O) groups is 1. The molecule has 3 rings (SSSR count). The van der Waals surface area contributed by atoms with Crippen molar-refractivity contribution in [2.45, 2.75) is 0 Å². The van der Waals surface area contributed by atoms with Gasteiger partial charge in [-0.15, -0.1) is 0 Å². The summed E-state index contributed by atoms with van der Waals surface area (Å²) in [4.78, 5) is 17.3. The molecule has 4 nitrogen and oxygen atoms in total. The second kappa shape index (κ2) is 7.13. The van der Waals surface area contributed by atoms with Crippen molar-refractivity contribution >= 4 is 17.3 Å². The molecular weight excluding hydrogens is 288 g/mol. The van der Waals surface area contributed by atoms with Crippen molar-refractivity contribution in [2.24, 2.45) is 0 Å². The fraction of sp³-hybridized carbons (Fsp3) is 0. The monoisotopic (exact) mass is 304 g/mol. The third-order valence-corrected chi connectivity index (χ3v) is 3.21. The molecule has 114 valence electrons. The number of para-hydroxylation sites is 2. The molecule has 0 aromatic heterocycles. The van der Waals surface area contributed by atoms with Gasteiger partial charge >= 0.3 is 0 Å². The van der Waals surface area contributed by atoms with Crippen LogP contribution in [0.2, 0.25) is 0 Å². The van der Waals surface area contributed by atoms with Crippen LogP contribution in [0.3, 0.4) is 0 Å². The Balaban J connectivity index is 1.59. The molecule has 23 heavy (non-hydrogen) atoms. The van der Waals surface area contributed by atoms with E-state index in [0.717, 1.165) is 11.4 Å². The Morgan fingerprint density at radius 2 is 1.26 bits per heavy atom. The van der Waals surface area contributed by atoms with Gasteiger partial charge in [0.2, 0.25) is 0 Å². The molecule has 0 unspecified atom stereocenters. The first-order valence-electron chi connectivity index (χ1n) is 7.26. The largest absolute Gasteiger partial charge is 0.379 e. The van der Waals surface area contributed by atoms with Crippen LogP contribution in [0.4, 0.5) is 11.4 Å². The van der Waals surface area contributed by atoms with Gasteiger partial charge in [0.1, 0.15) is 0 Å². The van der Waals surface area contributed by atoms with Gasteiger partial charge in [0.15, 0.2) is 5.75 Å². The molecule has 0 radical (unpaired) electrons. The van der Waals surface area contributed by atoms with E-state index in [1.54, 1.807) is 24.3 Å². The number of carbonyl (C=O) groups excluding carboxylic acids is 1. The lowest BCUT2D eigenvalue weighted by Gasteiger charge is -2.09. The smallest absolute Gasteiger partial charge is 0.283 e. The highest BCUT2D eigenvalue weighted by Crippen LogP contribution is 2.16. The molecule has 0 spiro atoms. The van der Waals surface area contributed by atoms with Crippen LogP contribution in [0.15, 0.2) is 84.9 Å². The third-order valence-electron chi connectivity index (χ3n) is 3.21. The van der Waals surface area contributed by atoms with Crippen molar-refractivity contribution in [3.8, 4) is 5.75 Å². The number of hydrogen-bond donors (Lipinski definition) is 2. The fourth-order valence-electron chi connectivity index (χ4n) is 2.05. The normalized spacial score (nSPS) is 9.91. The minimum atomic E-state index is -0.292. The molecule has 0 atom stereocenters. The van der Waals surface area contributed by atoms with Gasteiger partial charge in [0.25, 0.3) is 5.91 Å². The number of hydrogen-bond acceptors (Lipinski definition) is 3. The van der Waals surface area contributed by atoms with E-state index in [1.165, 1.54) is 0 Å². The van der Waals surface area contributed by atoms with E-state index in [1.807, 2.05) is 60.7 Å². The summed E-state index contributed by atoms with van der Waals surface area (Å²) in [5.74, 6) is 0.295.